The molecule has 0 N–H and O–H groups in total. The minimum Gasteiger partial charge on any atom is -0.472 e. The van der Waals surface area contributed by atoms with Crippen LogP contribution in [0.3, 0.4) is 0 Å². The van der Waals surface area contributed by atoms with E-state index in [0.717, 1.165) is 24.3 Å². The number of aryl methyl sites for hydroxylation is 2. The van der Waals surface area contributed by atoms with Gasteiger partial charge in [-0.1, -0.05) is 6.07 Å². The van der Waals surface area contributed by atoms with Crippen molar-refractivity contribution in [2.75, 3.05) is 19.7 Å². The first-order valence-corrected chi connectivity index (χ1v) is 9.44. The molecule has 4 heterocycles. The van der Waals surface area contributed by atoms with Crippen molar-refractivity contribution in [2.45, 2.75) is 38.4 Å². The largest absolute Gasteiger partial charge is 0.472 e. The molecule has 0 aliphatic carbocycles. The fourth-order valence-electron chi connectivity index (χ4n) is 3.60. The van der Waals surface area contributed by atoms with Gasteiger partial charge in [-0.15, -0.1) is 11.3 Å². The first-order chi connectivity index (χ1) is 12.0. The van der Waals surface area contributed by atoms with Crippen molar-refractivity contribution in [3.63, 3.8) is 0 Å². The lowest BCUT2D eigenvalue weighted by Gasteiger charge is -2.23. The highest BCUT2D eigenvalue weighted by Crippen LogP contribution is 2.37. The number of rotatable bonds is 3. The van der Waals surface area contributed by atoms with Gasteiger partial charge >= 0.3 is 0 Å². The highest BCUT2D eigenvalue weighted by atomic mass is 32.1. The van der Waals surface area contributed by atoms with Crippen molar-refractivity contribution in [2.24, 2.45) is 0 Å². The smallest absolute Gasteiger partial charge is 0.264 e. The third-order valence-electron chi connectivity index (χ3n) is 5.08. The van der Waals surface area contributed by atoms with E-state index in [1.807, 2.05) is 36.1 Å². The average Bonchev–Trinajstić information content (AvgIpc) is 3.30. The second-order valence-corrected chi connectivity index (χ2v) is 8.19. The van der Waals surface area contributed by atoms with Crippen molar-refractivity contribution in [3.8, 4) is 5.88 Å². The average molecular weight is 358 g/mol. The molecule has 2 atom stereocenters. The van der Waals surface area contributed by atoms with Gasteiger partial charge in [0, 0.05) is 30.1 Å². The predicted molar refractivity (Wildman–Crippen MR) is 96.3 cm³/mol. The quantitative estimate of drug-likeness (QED) is 0.845. The van der Waals surface area contributed by atoms with E-state index in [-0.39, 0.29) is 17.6 Å². The second-order valence-electron chi connectivity index (χ2n) is 6.93. The molecule has 132 valence electrons. The minimum atomic E-state index is -0.267. The Hall–Kier alpha value is -1.92. The third-order valence-corrected chi connectivity index (χ3v) is 6.22. The Morgan fingerprint density at radius 1 is 1.44 bits per heavy atom. The van der Waals surface area contributed by atoms with Crippen LogP contribution >= 0.6 is 11.3 Å². The van der Waals surface area contributed by atoms with Gasteiger partial charge in [-0.05, 0) is 38.0 Å². The summed E-state index contributed by atoms with van der Waals surface area (Å²) in [7, 11) is 0. The molecule has 2 aliphatic heterocycles. The normalized spacial score (nSPS) is 25.7. The molecule has 2 aromatic rings. The zero-order chi connectivity index (χ0) is 17.4. The molecule has 2 aliphatic rings. The Labute approximate surface area is 151 Å². The van der Waals surface area contributed by atoms with Crippen molar-refractivity contribution in [1.29, 1.82) is 0 Å². The SMILES string of the molecule is Cc1cc(C(=O)N2CC[C@]3(C[C@@H](Oc4ccccn4)CO3)C2)sc1C. The predicted octanol–water partition coefficient (Wildman–Crippen LogP) is 3.21. The molecule has 5 nitrogen and oxygen atoms in total. The van der Waals surface area contributed by atoms with E-state index in [2.05, 4.69) is 11.9 Å². The molecule has 2 aromatic heterocycles. The number of carbonyl (C=O) groups excluding carboxylic acids is 1. The van der Waals surface area contributed by atoms with Crippen LogP contribution in [0, 0.1) is 13.8 Å². The molecular weight excluding hydrogens is 336 g/mol. The first-order valence-electron chi connectivity index (χ1n) is 8.63. The summed E-state index contributed by atoms with van der Waals surface area (Å²) in [4.78, 5) is 20.9. The number of thiophene rings is 1. The van der Waals surface area contributed by atoms with Crippen LogP contribution in [0.5, 0.6) is 5.88 Å². The molecular formula is C19H22N2O3S. The Morgan fingerprint density at radius 2 is 2.32 bits per heavy atom. The van der Waals surface area contributed by atoms with Gasteiger partial charge in [0.2, 0.25) is 5.88 Å². The summed E-state index contributed by atoms with van der Waals surface area (Å²) in [6.45, 7) is 6.04. The van der Waals surface area contributed by atoms with E-state index in [0.29, 0.717) is 19.0 Å². The first kappa shape index (κ1) is 16.5. The fraction of sp³-hybridized carbons (Fsp3) is 0.474. The van der Waals surface area contributed by atoms with Crippen LogP contribution in [-0.2, 0) is 4.74 Å². The number of hydrogen-bond donors (Lipinski definition) is 0. The number of carbonyl (C=O) groups is 1. The zero-order valence-electron chi connectivity index (χ0n) is 14.5. The molecule has 0 saturated carbocycles. The molecule has 4 rings (SSSR count). The lowest BCUT2D eigenvalue weighted by Crippen LogP contribution is -2.36. The number of pyridine rings is 1. The van der Waals surface area contributed by atoms with Crippen LogP contribution in [0.1, 0.15) is 33.0 Å². The van der Waals surface area contributed by atoms with Crippen LogP contribution in [0.4, 0.5) is 0 Å². The molecule has 0 aromatic carbocycles. The fourth-order valence-corrected chi connectivity index (χ4v) is 4.60. The van der Waals surface area contributed by atoms with Crippen molar-refractivity contribution in [3.05, 3.63) is 45.8 Å². The van der Waals surface area contributed by atoms with E-state index < -0.39 is 0 Å². The topological polar surface area (TPSA) is 51.7 Å². The number of aromatic nitrogens is 1. The molecule has 1 spiro atoms. The standard InChI is InChI=1S/C19H22N2O3S/c1-13-9-16(25-14(13)2)18(22)21-8-6-19(12-21)10-15(11-23-19)24-17-5-3-4-7-20-17/h3-5,7,9,15H,6,8,10-12H2,1-2H3/t15-,19+/m1/s1. The van der Waals surface area contributed by atoms with Gasteiger partial charge in [-0.25, -0.2) is 4.98 Å². The maximum Gasteiger partial charge on any atom is 0.264 e. The van der Waals surface area contributed by atoms with Crippen molar-refractivity contribution in [1.82, 2.24) is 9.88 Å². The third kappa shape index (κ3) is 3.28. The minimum absolute atomic E-state index is 0.00354. The second kappa shape index (κ2) is 6.42. The summed E-state index contributed by atoms with van der Waals surface area (Å²) in [5.74, 6) is 0.749. The van der Waals surface area contributed by atoms with E-state index in [1.54, 1.807) is 17.5 Å². The lowest BCUT2D eigenvalue weighted by molar-refractivity contribution is 0.00990. The Balaban J connectivity index is 1.39. The highest BCUT2D eigenvalue weighted by molar-refractivity contribution is 7.14. The molecule has 2 saturated heterocycles. The number of likely N-dealkylation sites (tertiary alicyclic amines) is 1. The monoisotopic (exact) mass is 358 g/mol. The summed E-state index contributed by atoms with van der Waals surface area (Å²) in [6, 6.07) is 7.63. The molecule has 1 amide bonds. The molecule has 0 unspecified atom stereocenters. The van der Waals surface area contributed by atoms with Gasteiger partial charge in [-0.3, -0.25) is 4.79 Å². The number of hydrogen-bond acceptors (Lipinski definition) is 5. The summed E-state index contributed by atoms with van der Waals surface area (Å²) < 4.78 is 12.0. The number of ether oxygens (including phenoxy) is 2. The lowest BCUT2D eigenvalue weighted by atomic mass is 9.98. The van der Waals surface area contributed by atoms with Gasteiger partial charge in [0.25, 0.3) is 5.91 Å². The summed E-state index contributed by atoms with van der Waals surface area (Å²) in [5.41, 5.74) is 0.916. The van der Waals surface area contributed by atoms with Crippen LogP contribution in [-0.4, -0.2) is 47.2 Å². The molecule has 25 heavy (non-hydrogen) atoms. The van der Waals surface area contributed by atoms with E-state index in [9.17, 15) is 4.79 Å². The van der Waals surface area contributed by atoms with Crippen LogP contribution < -0.4 is 4.74 Å². The molecule has 0 radical (unpaired) electrons. The molecule has 2 fully saturated rings. The van der Waals surface area contributed by atoms with Crippen molar-refractivity contribution >= 4 is 17.2 Å². The van der Waals surface area contributed by atoms with Crippen LogP contribution in [0.15, 0.2) is 30.5 Å². The van der Waals surface area contributed by atoms with Crippen LogP contribution in [0.2, 0.25) is 0 Å². The summed E-state index contributed by atoms with van der Waals surface area (Å²) in [5, 5.41) is 0. The van der Waals surface area contributed by atoms with Crippen LogP contribution in [0.25, 0.3) is 0 Å². The number of amides is 1. The summed E-state index contributed by atoms with van der Waals surface area (Å²) >= 11 is 1.58. The zero-order valence-corrected chi connectivity index (χ0v) is 15.3. The van der Waals surface area contributed by atoms with Gasteiger partial charge in [-0.2, -0.15) is 0 Å². The Bertz CT molecular complexity index is 757. The molecule has 6 heteroatoms. The Kier molecular flexibility index (Phi) is 4.25. The molecule has 0 bridgehead atoms. The van der Waals surface area contributed by atoms with Gasteiger partial charge < -0.3 is 14.4 Å². The maximum absolute atomic E-state index is 12.8. The van der Waals surface area contributed by atoms with Gasteiger partial charge in [0.05, 0.1) is 23.6 Å². The van der Waals surface area contributed by atoms with E-state index >= 15 is 0 Å². The number of nitrogens with zero attached hydrogens (tertiary/aromatic N) is 2. The maximum atomic E-state index is 12.8. The Morgan fingerprint density at radius 3 is 3.04 bits per heavy atom. The van der Waals surface area contributed by atoms with Gasteiger partial charge in [0.15, 0.2) is 0 Å². The summed E-state index contributed by atoms with van der Waals surface area (Å²) in [6.07, 6.45) is 3.39. The van der Waals surface area contributed by atoms with Crippen molar-refractivity contribution < 1.29 is 14.3 Å². The van der Waals surface area contributed by atoms with E-state index in [4.69, 9.17) is 9.47 Å². The highest BCUT2D eigenvalue weighted by Gasteiger charge is 2.47. The van der Waals surface area contributed by atoms with E-state index in [1.165, 1.54) is 10.4 Å². The van der Waals surface area contributed by atoms with Gasteiger partial charge in [0.1, 0.15) is 6.10 Å².